The molecule has 0 unspecified atom stereocenters. The van der Waals surface area contributed by atoms with Crippen LogP contribution in [-0.4, -0.2) is 17.1 Å². The zero-order valence-corrected chi connectivity index (χ0v) is 14.0. The van der Waals surface area contributed by atoms with Gasteiger partial charge in [0.15, 0.2) is 0 Å². The van der Waals surface area contributed by atoms with Crippen molar-refractivity contribution in [3.05, 3.63) is 53.9 Å². The normalized spacial score (nSPS) is 15.4. The Morgan fingerprint density at radius 1 is 1.09 bits per heavy atom. The third-order valence-electron chi connectivity index (χ3n) is 3.89. The largest absolute Gasteiger partial charge is 0.484 e. The van der Waals surface area contributed by atoms with Gasteiger partial charge in [-0.2, -0.15) is 0 Å². The van der Waals surface area contributed by atoms with E-state index < -0.39 is 0 Å². The van der Waals surface area contributed by atoms with Gasteiger partial charge in [-0.05, 0) is 32.0 Å². The second-order valence-electron chi connectivity index (χ2n) is 6.33. The molecule has 0 aliphatic carbocycles. The summed E-state index contributed by atoms with van der Waals surface area (Å²) in [6, 6.07) is 16.5. The van der Waals surface area contributed by atoms with Crippen LogP contribution < -0.4 is 10.1 Å². The van der Waals surface area contributed by atoms with E-state index in [9.17, 15) is 0 Å². The van der Waals surface area contributed by atoms with Gasteiger partial charge in [0, 0.05) is 16.5 Å². The Morgan fingerprint density at radius 2 is 1.91 bits per heavy atom. The first-order valence-electron chi connectivity index (χ1n) is 7.69. The molecule has 0 amide bonds. The summed E-state index contributed by atoms with van der Waals surface area (Å²) in [7, 11) is 0. The summed E-state index contributed by atoms with van der Waals surface area (Å²) in [5.74, 6) is 0.906. The molecule has 3 nitrogen and oxygen atoms in total. The predicted molar refractivity (Wildman–Crippen MR) is 96.2 cm³/mol. The quantitative estimate of drug-likeness (QED) is 0.716. The summed E-state index contributed by atoms with van der Waals surface area (Å²) in [4.78, 5) is 4.78. The van der Waals surface area contributed by atoms with Gasteiger partial charge >= 0.3 is 0 Å². The number of ether oxygens (including phenoxy) is 1. The smallest absolute Gasteiger partial charge is 0.143 e. The maximum atomic E-state index is 6.00. The summed E-state index contributed by atoms with van der Waals surface area (Å²) in [5.41, 5.74) is 4.14. The maximum Gasteiger partial charge on any atom is 0.143 e. The molecule has 2 aromatic carbocycles. The second kappa shape index (κ2) is 5.39. The molecule has 4 heteroatoms. The van der Waals surface area contributed by atoms with E-state index >= 15 is 0 Å². The highest BCUT2D eigenvalue weighted by Gasteiger charge is 2.26. The van der Waals surface area contributed by atoms with Gasteiger partial charge in [-0.25, -0.2) is 4.98 Å². The highest BCUT2D eigenvalue weighted by atomic mass is 32.1. The van der Waals surface area contributed by atoms with Crippen molar-refractivity contribution in [2.75, 3.05) is 11.9 Å². The average molecular weight is 322 g/mol. The van der Waals surface area contributed by atoms with Gasteiger partial charge in [0.1, 0.15) is 16.4 Å². The lowest BCUT2D eigenvalue weighted by Crippen LogP contribution is -2.39. The second-order valence-corrected chi connectivity index (χ2v) is 7.19. The molecule has 1 aliphatic heterocycles. The topological polar surface area (TPSA) is 34.2 Å². The van der Waals surface area contributed by atoms with Crippen LogP contribution in [0.15, 0.2) is 53.9 Å². The van der Waals surface area contributed by atoms with Crippen LogP contribution in [0, 0.1) is 0 Å². The van der Waals surface area contributed by atoms with Gasteiger partial charge in [-0.15, -0.1) is 11.3 Å². The third-order valence-corrected chi connectivity index (χ3v) is 4.78. The number of thiazole rings is 1. The van der Waals surface area contributed by atoms with Crippen molar-refractivity contribution < 1.29 is 4.74 Å². The number of benzene rings is 2. The summed E-state index contributed by atoms with van der Waals surface area (Å²) >= 11 is 1.67. The van der Waals surface area contributed by atoms with Crippen LogP contribution in [-0.2, 0) is 0 Å². The molecule has 0 spiro atoms. The van der Waals surface area contributed by atoms with Crippen molar-refractivity contribution in [3.63, 3.8) is 0 Å². The fourth-order valence-electron chi connectivity index (χ4n) is 2.68. The number of fused-ring (bicyclic) bond motifs is 1. The van der Waals surface area contributed by atoms with Gasteiger partial charge in [0.05, 0.1) is 17.9 Å². The molecular weight excluding hydrogens is 304 g/mol. The van der Waals surface area contributed by atoms with E-state index in [0.29, 0.717) is 0 Å². The van der Waals surface area contributed by atoms with Gasteiger partial charge in [0.25, 0.3) is 0 Å². The Hall–Kier alpha value is -2.33. The molecule has 0 saturated carbocycles. The standard InChI is InChI=1S/C19H18N2OS/c1-19(2)12-20-15-10-14(8-9-17(15)22-19)16-11-23-18(21-16)13-6-4-3-5-7-13/h3-11,20H,12H2,1-2H3. The summed E-state index contributed by atoms with van der Waals surface area (Å²) in [5, 5.41) is 6.61. The van der Waals surface area contributed by atoms with Crippen LogP contribution in [0.4, 0.5) is 5.69 Å². The van der Waals surface area contributed by atoms with Crippen LogP contribution in [0.5, 0.6) is 5.75 Å². The Morgan fingerprint density at radius 3 is 2.74 bits per heavy atom. The Kier molecular flexibility index (Phi) is 3.34. The third kappa shape index (κ3) is 2.82. The molecule has 116 valence electrons. The van der Waals surface area contributed by atoms with Crippen molar-refractivity contribution in [3.8, 4) is 27.6 Å². The maximum absolute atomic E-state index is 6.00. The fourth-order valence-corrected chi connectivity index (χ4v) is 3.51. The number of hydrogen-bond donors (Lipinski definition) is 1. The van der Waals surface area contributed by atoms with E-state index in [1.165, 1.54) is 0 Å². The summed E-state index contributed by atoms with van der Waals surface area (Å²) in [6.45, 7) is 4.97. The molecule has 0 saturated heterocycles. The molecule has 1 aliphatic rings. The lowest BCUT2D eigenvalue weighted by Gasteiger charge is -2.33. The van der Waals surface area contributed by atoms with Crippen molar-refractivity contribution in [1.82, 2.24) is 4.98 Å². The lowest BCUT2D eigenvalue weighted by molar-refractivity contribution is 0.116. The van der Waals surface area contributed by atoms with Crippen LogP contribution in [0.2, 0.25) is 0 Å². The molecule has 1 N–H and O–H groups in total. The molecule has 4 rings (SSSR count). The number of anilines is 1. The molecule has 2 heterocycles. The molecule has 1 aromatic heterocycles. The predicted octanol–water partition coefficient (Wildman–Crippen LogP) is 5.06. The zero-order valence-electron chi connectivity index (χ0n) is 13.2. The van der Waals surface area contributed by atoms with Gasteiger partial charge in [0.2, 0.25) is 0 Å². The number of aromatic nitrogens is 1. The van der Waals surface area contributed by atoms with Gasteiger partial charge in [-0.3, -0.25) is 0 Å². The molecule has 3 aromatic rings. The highest BCUT2D eigenvalue weighted by Crippen LogP contribution is 2.37. The molecule has 0 fully saturated rings. The average Bonchev–Trinajstić information content (AvgIpc) is 3.04. The molecule has 0 bridgehead atoms. The van der Waals surface area contributed by atoms with E-state index in [-0.39, 0.29) is 5.60 Å². The minimum absolute atomic E-state index is 0.171. The first kappa shape index (κ1) is 14.3. The molecule has 0 atom stereocenters. The van der Waals surface area contributed by atoms with Crippen molar-refractivity contribution in [2.45, 2.75) is 19.4 Å². The minimum Gasteiger partial charge on any atom is -0.484 e. The molecule has 0 radical (unpaired) electrons. The Bertz CT molecular complexity index is 840. The van der Waals surface area contributed by atoms with Crippen LogP contribution in [0.3, 0.4) is 0 Å². The van der Waals surface area contributed by atoms with E-state index in [2.05, 4.69) is 48.8 Å². The number of nitrogens with zero attached hydrogens (tertiary/aromatic N) is 1. The van der Waals surface area contributed by atoms with Crippen LogP contribution >= 0.6 is 11.3 Å². The van der Waals surface area contributed by atoms with Crippen molar-refractivity contribution in [1.29, 1.82) is 0 Å². The van der Waals surface area contributed by atoms with Gasteiger partial charge < -0.3 is 10.1 Å². The zero-order chi connectivity index (χ0) is 15.9. The minimum atomic E-state index is -0.171. The van der Waals surface area contributed by atoms with E-state index in [4.69, 9.17) is 9.72 Å². The lowest BCUT2D eigenvalue weighted by atomic mass is 10.1. The van der Waals surface area contributed by atoms with Crippen molar-refractivity contribution >= 4 is 17.0 Å². The first-order valence-corrected chi connectivity index (χ1v) is 8.57. The molecular formula is C19H18N2OS. The Balaban J connectivity index is 1.66. The number of nitrogens with one attached hydrogen (secondary N) is 1. The SMILES string of the molecule is CC1(C)CNc2cc(-c3csc(-c4ccccc4)n3)ccc2O1. The highest BCUT2D eigenvalue weighted by molar-refractivity contribution is 7.13. The van der Waals surface area contributed by atoms with Gasteiger partial charge in [-0.1, -0.05) is 30.3 Å². The monoisotopic (exact) mass is 322 g/mol. The number of rotatable bonds is 2. The van der Waals surface area contributed by atoms with E-state index in [1.54, 1.807) is 11.3 Å². The fraction of sp³-hybridized carbons (Fsp3) is 0.211. The summed E-state index contributed by atoms with van der Waals surface area (Å²) in [6.07, 6.45) is 0. The first-order chi connectivity index (χ1) is 11.1. The van der Waals surface area contributed by atoms with E-state index in [1.807, 2.05) is 24.3 Å². The molecule has 23 heavy (non-hydrogen) atoms. The number of hydrogen-bond acceptors (Lipinski definition) is 4. The summed E-state index contributed by atoms with van der Waals surface area (Å²) < 4.78 is 6.00. The van der Waals surface area contributed by atoms with Crippen LogP contribution in [0.25, 0.3) is 21.8 Å². The van der Waals surface area contributed by atoms with E-state index in [0.717, 1.165) is 39.8 Å². The van der Waals surface area contributed by atoms with Crippen molar-refractivity contribution in [2.24, 2.45) is 0 Å². The Labute approximate surface area is 140 Å². The van der Waals surface area contributed by atoms with Crippen LogP contribution in [0.1, 0.15) is 13.8 Å².